The van der Waals surface area contributed by atoms with Crippen LogP contribution in [0.4, 0.5) is 0 Å². The van der Waals surface area contributed by atoms with E-state index in [1.165, 1.54) is 37.7 Å². The van der Waals surface area contributed by atoms with E-state index < -0.39 is 0 Å². The predicted molar refractivity (Wildman–Crippen MR) is 79.1 cm³/mol. The number of rotatable bonds is 10. The highest BCUT2D eigenvalue weighted by molar-refractivity contribution is 5.69. The molecule has 0 bridgehead atoms. The third-order valence-corrected chi connectivity index (χ3v) is 3.22. The molecular formula is C17H26O2. The number of esters is 1. The van der Waals surface area contributed by atoms with E-state index in [4.69, 9.17) is 4.74 Å². The van der Waals surface area contributed by atoms with Crippen molar-refractivity contribution in [1.82, 2.24) is 0 Å². The SMILES string of the molecule is CCCCCCCCOC(=O)CCc1ccccc1. The van der Waals surface area contributed by atoms with Crippen molar-refractivity contribution in [1.29, 1.82) is 0 Å². The van der Waals surface area contributed by atoms with Gasteiger partial charge in [0.05, 0.1) is 6.61 Å². The average Bonchev–Trinajstić information content (AvgIpc) is 2.45. The monoisotopic (exact) mass is 262 g/mol. The zero-order chi connectivity index (χ0) is 13.8. The molecule has 0 atom stereocenters. The van der Waals surface area contributed by atoms with E-state index in [0.717, 1.165) is 12.8 Å². The summed E-state index contributed by atoms with van der Waals surface area (Å²) in [5, 5.41) is 0. The largest absolute Gasteiger partial charge is 0.466 e. The van der Waals surface area contributed by atoms with Gasteiger partial charge in [-0.25, -0.2) is 0 Å². The van der Waals surface area contributed by atoms with Crippen LogP contribution >= 0.6 is 0 Å². The molecule has 0 saturated carbocycles. The number of unbranched alkanes of at least 4 members (excludes halogenated alkanes) is 5. The van der Waals surface area contributed by atoms with Gasteiger partial charge >= 0.3 is 5.97 Å². The highest BCUT2D eigenvalue weighted by atomic mass is 16.5. The summed E-state index contributed by atoms with van der Waals surface area (Å²) in [4.78, 5) is 11.5. The van der Waals surface area contributed by atoms with Gasteiger partial charge < -0.3 is 4.74 Å². The highest BCUT2D eigenvalue weighted by Gasteiger charge is 2.03. The maximum atomic E-state index is 11.5. The van der Waals surface area contributed by atoms with Crippen molar-refractivity contribution in [2.45, 2.75) is 58.3 Å². The van der Waals surface area contributed by atoms with Gasteiger partial charge in [0.25, 0.3) is 0 Å². The topological polar surface area (TPSA) is 26.3 Å². The van der Waals surface area contributed by atoms with Crippen molar-refractivity contribution < 1.29 is 9.53 Å². The molecule has 0 radical (unpaired) electrons. The Balaban J connectivity index is 1.96. The molecule has 0 aromatic heterocycles. The summed E-state index contributed by atoms with van der Waals surface area (Å²) in [7, 11) is 0. The molecule has 19 heavy (non-hydrogen) atoms. The van der Waals surface area contributed by atoms with Gasteiger partial charge in [-0.05, 0) is 18.4 Å². The van der Waals surface area contributed by atoms with Crippen molar-refractivity contribution in [2.75, 3.05) is 6.61 Å². The lowest BCUT2D eigenvalue weighted by Crippen LogP contribution is -2.07. The quantitative estimate of drug-likeness (QED) is 0.457. The van der Waals surface area contributed by atoms with Gasteiger partial charge in [0.15, 0.2) is 0 Å². The fourth-order valence-electron chi connectivity index (χ4n) is 2.03. The third kappa shape index (κ3) is 8.41. The van der Waals surface area contributed by atoms with E-state index in [-0.39, 0.29) is 5.97 Å². The Morgan fingerprint density at radius 1 is 1.00 bits per heavy atom. The lowest BCUT2D eigenvalue weighted by atomic mass is 10.1. The smallest absolute Gasteiger partial charge is 0.306 e. The first-order chi connectivity index (χ1) is 9.33. The van der Waals surface area contributed by atoms with Crippen LogP contribution in [0.1, 0.15) is 57.4 Å². The normalized spacial score (nSPS) is 10.4. The Hall–Kier alpha value is -1.31. The third-order valence-electron chi connectivity index (χ3n) is 3.22. The van der Waals surface area contributed by atoms with E-state index in [1.54, 1.807) is 0 Å². The van der Waals surface area contributed by atoms with Crippen molar-refractivity contribution in [3.8, 4) is 0 Å². The van der Waals surface area contributed by atoms with Gasteiger partial charge in [-0.15, -0.1) is 0 Å². The minimum Gasteiger partial charge on any atom is -0.466 e. The maximum Gasteiger partial charge on any atom is 0.306 e. The molecule has 0 fully saturated rings. The van der Waals surface area contributed by atoms with Crippen LogP contribution in [-0.4, -0.2) is 12.6 Å². The molecule has 106 valence electrons. The summed E-state index contributed by atoms with van der Waals surface area (Å²) >= 11 is 0. The fourth-order valence-corrected chi connectivity index (χ4v) is 2.03. The molecule has 0 unspecified atom stereocenters. The summed E-state index contributed by atoms with van der Waals surface area (Å²) in [6.07, 6.45) is 8.59. The van der Waals surface area contributed by atoms with Crippen LogP contribution < -0.4 is 0 Å². The van der Waals surface area contributed by atoms with Crippen LogP contribution in [-0.2, 0) is 16.0 Å². The van der Waals surface area contributed by atoms with E-state index in [0.29, 0.717) is 13.0 Å². The predicted octanol–water partition coefficient (Wildman–Crippen LogP) is 4.52. The second kappa shape index (κ2) is 10.6. The number of benzene rings is 1. The lowest BCUT2D eigenvalue weighted by molar-refractivity contribution is -0.143. The fraction of sp³-hybridized carbons (Fsp3) is 0.588. The molecule has 2 heteroatoms. The van der Waals surface area contributed by atoms with E-state index in [9.17, 15) is 4.79 Å². The molecule has 0 N–H and O–H groups in total. The average molecular weight is 262 g/mol. The summed E-state index contributed by atoms with van der Waals surface area (Å²) < 4.78 is 5.23. The van der Waals surface area contributed by atoms with Gasteiger partial charge in [-0.3, -0.25) is 4.79 Å². The van der Waals surface area contributed by atoms with Crippen LogP contribution in [0, 0.1) is 0 Å². The molecule has 0 aliphatic carbocycles. The van der Waals surface area contributed by atoms with Crippen LogP contribution in [0.25, 0.3) is 0 Å². The molecule has 2 nitrogen and oxygen atoms in total. The zero-order valence-corrected chi connectivity index (χ0v) is 12.1. The number of carbonyl (C=O) groups excluding carboxylic acids is 1. The van der Waals surface area contributed by atoms with Crippen LogP contribution in [0.5, 0.6) is 0 Å². The van der Waals surface area contributed by atoms with Gasteiger partial charge in [-0.1, -0.05) is 69.4 Å². The molecule has 0 saturated heterocycles. The summed E-state index contributed by atoms with van der Waals surface area (Å²) in [5.74, 6) is -0.0718. The molecule has 0 spiro atoms. The minimum atomic E-state index is -0.0718. The molecule has 0 amide bonds. The van der Waals surface area contributed by atoms with Crippen LogP contribution in [0.2, 0.25) is 0 Å². The summed E-state index contributed by atoms with van der Waals surface area (Å²) in [5.41, 5.74) is 1.19. The maximum absolute atomic E-state index is 11.5. The second-order valence-corrected chi connectivity index (χ2v) is 4.97. The molecule has 0 heterocycles. The molecule has 0 aliphatic rings. The Morgan fingerprint density at radius 3 is 2.42 bits per heavy atom. The van der Waals surface area contributed by atoms with Gasteiger partial charge in [-0.2, -0.15) is 0 Å². The summed E-state index contributed by atoms with van der Waals surface area (Å²) in [6, 6.07) is 10.1. The molecule has 1 aromatic carbocycles. The van der Waals surface area contributed by atoms with E-state index >= 15 is 0 Å². The van der Waals surface area contributed by atoms with Crippen LogP contribution in [0.15, 0.2) is 30.3 Å². The zero-order valence-electron chi connectivity index (χ0n) is 12.1. The lowest BCUT2D eigenvalue weighted by Gasteiger charge is -2.05. The molecular weight excluding hydrogens is 236 g/mol. The van der Waals surface area contributed by atoms with Gasteiger partial charge in [0.1, 0.15) is 0 Å². The Morgan fingerprint density at radius 2 is 1.68 bits per heavy atom. The van der Waals surface area contributed by atoms with Gasteiger partial charge in [0, 0.05) is 6.42 Å². The summed E-state index contributed by atoms with van der Waals surface area (Å²) in [6.45, 7) is 2.80. The molecule has 1 rings (SSSR count). The Bertz CT molecular complexity index is 332. The van der Waals surface area contributed by atoms with E-state index in [2.05, 4.69) is 6.92 Å². The number of ether oxygens (including phenoxy) is 1. The number of aryl methyl sites for hydroxylation is 1. The standard InChI is InChI=1S/C17H26O2/c1-2-3-4-5-6-10-15-19-17(18)14-13-16-11-8-7-9-12-16/h7-9,11-12H,2-6,10,13-15H2,1H3. The van der Waals surface area contributed by atoms with E-state index in [1.807, 2.05) is 30.3 Å². The second-order valence-electron chi connectivity index (χ2n) is 4.97. The molecule has 0 aliphatic heterocycles. The number of hydrogen-bond acceptors (Lipinski definition) is 2. The van der Waals surface area contributed by atoms with Crippen molar-refractivity contribution in [3.05, 3.63) is 35.9 Å². The Labute approximate surface area is 117 Å². The minimum absolute atomic E-state index is 0.0718. The van der Waals surface area contributed by atoms with Gasteiger partial charge in [0.2, 0.25) is 0 Å². The highest BCUT2D eigenvalue weighted by Crippen LogP contribution is 2.06. The molecule has 1 aromatic rings. The first kappa shape index (κ1) is 15.7. The first-order valence-corrected chi connectivity index (χ1v) is 7.52. The van der Waals surface area contributed by atoms with Crippen molar-refractivity contribution in [3.63, 3.8) is 0 Å². The van der Waals surface area contributed by atoms with Crippen molar-refractivity contribution in [2.24, 2.45) is 0 Å². The number of carbonyl (C=O) groups is 1. The Kier molecular flexibility index (Phi) is 8.78. The number of hydrogen-bond donors (Lipinski definition) is 0. The first-order valence-electron chi connectivity index (χ1n) is 7.52. The van der Waals surface area contributed by atoms with Crippen LogP contribution in [0.3, 0.4) is 0 Å². The van der Waals surface area contributed by atoms with Crippen molar-refractivity contribution >= 4 is 5.97 Å².